The van der Waals surface area contributed by atoms with Gasteiger partial charge in [-0.1, -0.05) is 6.08 Å². The molecule has 0 spiro atoms. The SMILES string of the molecule is C=CCOC[C@@H]1CN(Cc2nccn2C)Cc2ccnn2C1. The molecule has 0 saturated carbocycles. The molecule has 0 bridgehead atoms. The Hall–Kier alpha value is -1.92. The largest absolute Gasteiger partial charge is 0.377 e. The summed E-state index contributed by atoms with van der Waals surface area (Å²) in [5.74, 6) is 1.50. The Morgan fingerprint density at radius 1 is 1.41 bits per heavy atom. The molecule has 2 aromatic rings. The van der Waals surface area contributed by atoms with Crippen LogP contribution in [0.1, 0.15) is 11.5 Å². The van der Waals surface area contributed by atoms with Crippen LogP contribution in [-0.4, -0.2) is 44.0 Å². The highest BCUT2D eigenvalue weighted by atomic mass is 16.5. The van der Waals surface area contributed by atoms with Crippen LogP contribution in [0.3, 0.4) is 0 Å². The van der Waals surface area contributed by atoms with Crippen molar-refractivity contribution in [1.29, 1.82) is 0 Å². The first-order valence-corrected chi connectivity index (χ1v) is 7.64. The van der Waals surface area contributed by atoms with E-state index in [1.165, 1.54) is 5.69 Å². The Bertz CT molecular complexity index is 618. The second-order valence-corrected chi connectivity index (χ2v) is 5.82. The van der Waals surface area contributed by atoms with E-state index in [2.05, 4.69) is 36.9 Å². The lowest BCUT2D eigenvalue weighted by Gasteiger charge is -2.23. The summed E-state index contributed by atoms with van der Waals surface area (Å²) in [4.78, 5) is 6.86. The monoisotopic (exact) mass is 301 g/mol. The molecule has 0 unspecified atom stereocenters. The van der Waals surface area contributed by atoms with Crippen LogP contribution in [0.5, 0.6) is 0 Å². The van der Waals surface area contributed by atoms with Gasteiger partial charge in [-0.25, -0.2) is 4.98 Å². The standard InChI is InChI=1S/C16H23N5O/c1-3-8-22-13-14-9-20(12-16-17-6-7-19(16)2)11-15-4-5-18-21(15)10-14/h3-7,14H,1,8-13H2,2H3/t14-/m1/s1. The van der Waals surface area contributed by atoms with E-state index in [4.69, 9.17) is 4.74 Å². The quantitative estimate of drug-likeness (QED) is 0.598. The number of ether oxygens (including phenoxy) is 1. The van der Waals surface area contributed by atoms with Gasteiger partial charge < -0.3 is 9.30 Å². The lowest BCUT2D eigenvalue weighted by atomic mass is 10.1. The number of rotatable bonds is 6. The molecule has 22 heavy (non-hydrogen) atoms. The van der Waals surface area contributed by atoms with Gasteiger partial charge in [-0.05, 0) is 6.07 Å². The molecule has 0 fully saturated rings. The summed E-state index contributed by atoms with van der Waals surface area (Å²) >= 11 is 0. The molecule has 1 aliphatic heterocycles. The normalized spacial score (nSPS) is 18.9. The zero-order valence-electron chi connectivity index (χ0n) is 13.1. The highest BCUT2D eigenvalue weighted by Gasteiger charge is 2.23. The van der Waals surface area contributed by atoms with E-state index in [0.717, 1.165) is 38.6 Å². The van der Waals surface area contributed by atoms with Crippen LogP contribution in [0, 0.1) is 5.92 Å². The number of imidazole rings is 1. The average Bonchev–Trinajstić information content (AvgIpc) is 3.05. The lowest BCUT2D eigenvalue weighted by Crippen LogP contribution is -2.31. The van der Waals surface area contributed by atoms with Gasteiger partial charge >= 0.3 is 0 Å². The van der Waals surface area contributed by atoms with E-state index < -0.39 is 0 Å². The van der Waals surface area contributed by atoms with Gasteiger partial charge in [0.2, 0.25) is 0 Å². The number of aromatic nitrogens is 4. The van der Waals surface area contributed by atoms with E-state index in [9.17, 15) is 0 Å². The molecule has 1 atom stereocenters. The van der Waals surface area contributed by atoms with Gasteiger partial charge in [-0.15, -0.1) is 6.58 Å². The van der Waals surface area contributed by atoms with Crippen molar-refractivity contribution in [3.63, 3.8) is 0 Å². The van der Waals surface area contributed by atoms with Gasteiger partial charge in [0, 0.05) is 51.2 Å². The minimum atomic E-state index is 0.418. The third-order valence-electron chi connectivity index (χ3n) is 4.01. The smallest absolute Gasteiger partial charge is 0.122 e. The topological polar surface area (TPSA) is 48.1 Å². The Kier molecular flexibility index (Phi) is 4.70. The molecule has 6 heteroatoms. The van der Waals surface area contributed by atoms with Crippen LogP contribution in [-0.2, 0) is 31.4 Å². The molecular formula is C16H23N5O. The van der Waals surface area contributed by atoms with E-state index in [-0.39, 0.29) is 0 Å². The first kappa shape index (κ1) is 15.0. The van der Waals surface area contributed by atoms with Gasteiger partial charge in [0.05, 0.1) is 25.5 Å². The number of hydrogen-bond acceptors (Lipinski definition) is 4. The zero-order valence-corrected chi connectivity index (χ0v) is 13.1. The second-order valence-electron chi connectivity index (χ2n) is 5.82. The fourth-order valence-corrected chi connectivity index (χ4v) is 2.91. The Morgan fingerprint density at radius 3 is 3.09 bits per heavy atom. The van der Waals surface area contributed by atoms with Gasteiger partial charge in [-0.2, -0.15) is 5.10 Å². The predicted octanol–water partition coefficient (Wildman–Crippen LogP) is 1.45. The number of aryl methyl sites for hydroxylation is 1. The van der Waals surface area contributed by atoms with Crippen LogP contribution in [0.4, 0.5) is 0 Å². The summed E-state index contributed by atoms with van der Waals surface area (Å²) in [6.07, 6.45) is 7.51. The van der Waals surface area contributed by atoms with Gasteiger partial charge in [0.1, 0.15) is 5.82 Å². The third kappa shape index (κ3) is 3.45. The Labute approximate surface area is 131 Å². The Balaban J connectivity index is 1.72. The van der Waals surface area contributed by atoms with Gasteiger partial charge in [0.15, 0.2) is 0 Å². The van der Waals surface area contributed by atoms with E-state index in [1.807, 2.05) is 25.6 Å². The maximum absolute atomic E-state index is 5.67. The van der Waals surface area contributed by atoms with Gasteiger partial charge in [-0.3, -0.25) is 9.58 Å². The van der Waals surface area contributed by atoms with Crippen LogP contribution in [0.15, 0.2) is 37.3 Å². The van der Waals surface area contributed by atoms with Crippen molar-refractivity contribution in [2.24, 2.45) is 13.0 Å². The van der Waals surface area contributed by atoms with Crippen molar-refractivity contribution >= 4 is 0 Å². The van der Waals surface area contributed by atoms with Crippen molar-refractivity contribution < 1.29 is 4.74 Å². The summed E-state index contributed by atoms with van der Waals surface area (Å²) in [6, 6.07) is 2.10. The molecule has 0 radical (unpaired) electrons. The van der Waals surface area contributed by atoms with Crippen molar-refractivity contribution in [3.05, 3.63) is 48.8 Å². The predicted molar refractivity (Wildman–Crippen MR) is 84.1 cm³/mol. The van der Waals surface area contributed by atoms with Crippen LogP contribution >= 0.6 is 0 Å². The van der Waals surface area contributed by atoms with Crippen molar-refractivity contribution in [2.45, 2.75) is 19.6 Å². The first-order valence-electron chi connectivity index (χ1n) is 7.64. The van der Waals surface area contributed by atoms with Crippen molar-refractivity contribution in [1.82, 2.24) is 24.2 Å². The third-order valence-corrected chi connectivity index (χ3v) is 4.01. The molecule has 3 rings (SSSR count). The van der Waals surface area contributed by atoms with Crippen molar-refractivity contribution in [2.75, 3.05) is 19.8 Å². The number of fused-ring (bicyclic) bond motifs is 1. The highest BCUT2D eigenvalue weighted by molar-refractivity contribution is 5.03. The summed E-state index contributed by atoms with van der Waals surface area (Å²) in [7, 11) is 2.04. The minimum Gasteiger partial charge on any atom is -0.377 e. The molecule has 0 aromatic carbocycles. The molecule has 3 heterocycles. The molecule has 0 saturated heterocycles. The maximum atomic E-state index is 5.67. The zero-order chi connectivity index (χ0) is 15.4. The number of nitrogens with zero attached hydrogens (tertiary/aromatic N) is 5. The molecular weight excluding hydrogens is 278 g/mol. The first-order chi connectivity index (χ1) is 10.8. The summed E-state index contributed by atoms with van der Waals surface area (Å²) in [6.45, 7) is 8.64. The van der Waals surface area contributed by atoms with E-state index in [1.54, 1.807) is 6.08 Å². The summed E-state index contributed by atoms with van der Waals surface area (Å²) in [5, 5.41) is 4.44. The molecule has 0 amide bonds. The van der Waals surface area contributed by atoms with Crippen LogP contribution in [0.2, 0.25) is 0 Å². The molecule has 6 nitrogen and oxygen atoms in total. The summed E-state index contributed by atoms with van der Waals surface area (Å²) in [5.41, 5.74) is 1.25. The minimum absolute atomic E-state index is 0.418. The fourth-order valence-electron chi connectivity index (χ4n) is 2.91. The lowest BCUT2D eigenvalue weighted by molar-refractivity contribution is 0.0924. The molecule has 0 aliphatic carbocycles. The van der Waals surface area contributed by atoms with Crippen LogP contribution < -0.4 is 0 Å². The highest BCUT2D eigenvalue weighted by Crippen LogP contribution is 2.18. The molecule has 1 aliphatic rings. The summed E-state index contributed by atoms with van der Waals surface area (Å²) < 4.78 is 9.84. The van der Waals surface area contributed by atoms with E-state index >= 15 is 0 Å². The van der Waals surface area contributed by atoms with Gasteiger partial charge in [0.25, 0.3) is 0 Å². The molecule has 2 aromatic heterocycles. The fraction of sp³-hybridized carbons (Fsp3) is 0.500. The molecule has 118 valence electrons. The maximum Gasteiger partial charge on any atom is 0.122 e. The van der Waals surface area contributed by atoms with E-state index in [0.29, 0.717) is 12.5 Å². The average molecular weight is 301 g/mol. The second kappa shape index (κ2) is 6.89. The van der Waals surface area contributed by atoms with Crippen LogP contribution in [0.25, 0.3) is 0 Å². The number of hydrogen-bond donors (Lipinski definition) is 0. The van der Waals surface area contributed by atoms with Crippen molar-refractivity contribution in [3.8, 4) is 0 Å². The molecule has 0 N–H and O–H groups in total. The Morgan fingerprint density at radius 2 is 2.32 bits per heavy atom.